The van der Waals surface area contributed by atoms with Crippen molar-refractivity contribution in [1.82, 2.24) is 15.5 Å². The summed E-state index contributed by atoms with van der Waals surface area (Å²) in [5.41, 5.74) is 1.74. The maximum absolute atomic E-state index is 12.1. The topological polar surface area (TPSA) is 121 Å². The van der Waals surface area contributed by atoms with Gasteiger partial charge in [-0.1, -0.05) is 29.4 Å². The summed E-state index contributed by atoms with van der Waals surface area (Å²) in [6.45, 7) is 0. The number of aromatic nitrogens is 2. The first-order chi connectivity index (χ1) is 10.1. The van der Waals surface area contributed by atoms with Gasteiger partial charge in [-0.25, -0.2) is 0 Å². The van der Waals surface area contributed by atoms with Gasteiger partial charge in [-0.3, -0.25) is 4.79 Å². The molecule has 2 unspecified atom stereocenters. The van der Waals surface area contributed by atoms with Gasteiger partial charge in [-0.05, 0) is 16.1 Å². The van der Waals surface area contributed by atoms with Gasteiger partial charge in [0.2, 0.25) is 0 Å². The van der Waals surface area contributed by atoms with Crippen LogP contribution in [0, 0.1) is 10.1 Å². The van der Waals surface area contributed by atoms with Gasteiger partial charge in [0.15, 0.2) is 5.69 Å². The molecule has 21 heavy (non-hydrogen) atoms. The number of nitrogens with one attached hydrogen (secondary N) is 2. The van der Waals surface area contributed by atoms with E-state index >= 15 is 0 Å². The number of carbonyl (C=O) groups excluding carboxylic acids is 1. The summed E-state index contributed by atoms with van der Waals surface area (Å²) < 4.78 is 0. The van der Waals surface area contributed by atoms with Crippen molar-refractivity contribution >= 4 is 11.7 Å². The van der Waals surface area contributed by atoms with E-state index in [1.807, 2.05) is 24.3 Å². The van der Waals surface area contributed by atoms with Crippen LogP contribution in [0.4, 0.5) is 5.82 Å². The highest BCUT2D eigenvalue weighted by Gasteiger charge is 2.32. The standard InChI is InChI=1S/C13H12N4O4/c18-10-5-7-3-1-2-4-8(7)12(10)14-13(19)9-6-11(16-15-9)17(20)21/h1-4,6,10,12,18H,5H2,(H,14,19)(H,15,16). The molecule has 2 aromatic rings. The number of nitro groups is 1. The van der Waals surface area contributed by atoms with Crippen LogP contribution in [0.15, 0.2) is 30.3 Å². The van der Waals surface area contributed by atoms with Crippen LogP contribution in [0.5, 0.6) is 0 Å². The van der Waals surface area contributed by atoms with Crippen molar-refractivity contribution in [2.45, 2.75) is 18.6 Å². The molecule has 1 aliphatic rings. The summed E-state index contributed by atoms with van der Waals surface area (Å²) in [6.07, 6.45) is -0.262. The lowest BCUT2D eigenvalue weighted by atomic mass is 10.1. The van der Waals surface area contributed by atoms with Gasteiger partial charge in [0.25, 0.3) is 5.91 Å². The Bertz CT molecular complexity index is 712. The largest absolute Gasteiger partial charge is 0.390 e. The van der Waals surface area contributed by atoms with E-state index in [-0.39, 0.29) is 11.5 Å². The lowest BCUT2D eigenvalue weighted by Gasteiger charge is -2.16. The number of aromatic amines is 1. The molecule has 8 heteroatoms. The number of H-pyrrole nitrogens is 1. The van der Waals surface area contributed by atoms with Crippen molar-refractivity contribution in [2.75, 3.05) is 0 Å². The van der Waals surface area contributed by atoms with E-state index < -0.39 is 23.0 Å². The quantitative estimate of drug-likeness (QED) is 0.567. The minimum Gasteiger partial charge on any atom is -0.390 e. The predicted octanol–water partition coefficient (Wildman–Crippen LogP) is 0.706. The summed E-state index contributed by atoms with van der Waals surface area (Å²) in [5, 5.41) is 29.0. The van der Waals surface area contributed by atoms with Crippen LogP contribution in [0.3, 0.4) is 0 Å². The van der Waals surface area contributed by atoms with E-state index in [0.29, 0.717) is 6.42 Å². The van der Waals surface area contributed by atoms with E-state index in [2.05, 4.69) is 15.5 Å². The molecule has 0 saturated heterocycles. The Morgan fingerprint density at radius 2 is 2.24 bits per heavy atom. The minimum absolute atomic E-state index is 0.0849. The molecular weight excluding hydrogens is 276 g/mol. The second-order valence-electron chi connectivity index (χ2n) is 4.82. The Labute approximate surface area is 118 Å². The number of amides is 1. The number of benzene rings is 1. The third-order valence-corrected chi connectivity index (χ3v) is 3.48. The first kappa shape index (κ1) is 13.3. The van der Waals surface area contributed by atoms with Gasteiger partial charge in [0.05, 0.1) is 18.2 Å². The number of fused-ring (bicyclic) bond motifs is 1. The number of hydrogen-bond donors (Lipinski definition) is 3. The second-order valence-corrected chi connectivity index (χ2v) is 4.82. The zero-order valence-electron chi connectivity index (χ0n) is 10.8. The molecule has 1 aliphatic carbocycles. The molecule has 0 bridgehead atoms. The summed E-state index contributed by atoms with van der Waals surface area (Å²) in [7, 11) is 0. The van der Waals surface area contributed by atoms with Crippen LogP contribution >= 0.6 is 0 Å². The number of aliphatic hydroxyl groups is 1. The number of nitrogens with zero attached hydrogens (tertiary/aromatic N) is 2. The van der Waals surface area contributed by atoms with E-state index in [4.69, 9.17) is 0 Å². The molecule has 0 spiro atoms. The lowest BCUT2D eigenvalue weighted by molar-refractivity contribution is -0.389. The summed E-state index contributed by atoms with van der Waals surface area (Å²) in [6, 6.07) is 7.95. The maximum Gasteiger partial charge on any atom is 0.343 e. The van der Waals surface area contributed by atoms with Crippen LogP contribution in [0.25, 0.3) is 0 Å². The van der Waals surface area contributed by atoms with Gasteiger partial charge < -0.3 is 20.5 Å². The van der Waals surface area contributed by atoms with Gasteiger partial charge in [-0.2, -0.15) is 0 Å². The number of carbonyl (C=O) groups is 1. The highest BCUT2D eigenvalue weighted by Crippen LogP contribution is 2.31. The van der Waals surface area contributed by atoms with Gasteiger partial charge in [0, 0.05) is 6.42 Å². The van der Waals surface area contributed by atoms with Crippen molar-refractivity contribution < 1.29 is 14.8 Å². The molecule has 0 radical (unpaired) electrons. The Morgan fingerprint density at radius 1 is 1.48 bits per heavy atom. The zero-order valence-corrected chi connectivity index (χ0v) is 10.8. The average molecular weight is 288 g/mol. The Morgan fingerprint density at radius 3 is 2.95 bits per heavy atom. The predicted molar refractivity (Wildman–Crippen MR) is 71.6 cm³/mol. The average Bonchev–Trinajstić information content (AvgIpc) is 3.05. The van der Waals surface area contributed by atoms with Crippen molar-refractivity contribution in [2.24, 2.45) is 0 Å². The molecule has 108 valence electrons. The normalized spacial score (nSPS) is 20.0. The first-order valence-electron chi connectivity index (χ1n) is 6.33. The highest BCUT2D eigenvalue weighted by molar-refractivity contribution is 5.93. The fourth-order valence-corrected chi connectivity index (χ4v) is 2.48. The molecule has 3 rings (SSSR count). The highest BCUT2D eigenvalue weighted by atomic mass is 16.6. The third-order valence-electron chi connectivity index (χ3n) is 3.48. The van der Waals surface area contributed by atoms with Crippen molar-refractivity contribution in [3.63, 3.8) is 0 Å². The van der Waals surface area contributed by atoms with Crippen LogP contribution in [0.1, 0.15) is 27.7 Å². The summed E-state index contributed by atoms with van der Waals surface area (Å²) >= 11 is 0. The van der Waals surface area contributed by atoms with Crippen LogP contribution in [-0.4, -0.2) is 32.2 Å². The first-order valence-corrected chi connectivity index (χ1v) is 6.33. The minimum atomic E-state index is -0.722. The summed E-state index contributed by atoms with van der Waals surface area (Å²) in [5.74, 6) is -0.923. The van der Waals surface area contributed by atoms with Crippen LogP contribution < -0.4 is 5.32 Å². The van der Waals surface area contributed by atoms with Crippen LogP contribution in [0.2, 0.25) is 0 Å². The molecule has 1 aromatic carbocycles. The van der Waals surface area contributed by atoms with Gasteiger partial charge >= 0.3 is 5.82 Å². The molecule has 8 nitrogen and oxygen atoms in total. The van der Waals surface area contributed by atoms with E-state index in [1.165, 1.54) is 0 Å². The molecule has 0 fully saturated rings. The molecule has 3 N–H and O–H groups in total. The van der Waals surface area contributed by atoms with Crippen molar-refractivity contribution in [3.05, 3.63) is 57.3 Å². The molecule has 1 amide bonds. The number of hydrogen-bond acceptors (Lipinski definition) is 5. The van der Waals surface area contributed by atoms with Gasteiger partial charge in [-0.15, -0.1) is 5.10 Å². The van der Waals surface area contributed by atoms with Crippen LogP contribution in [-0.2, 0) is 6.42 Å². The number of aliphatic hydroxyl groups excluding tert-OH is 1. The van der Waals surface area contributed by atoms with Crippen molar-refractivity contribution in [3.8, 4) is 0 Å². The zero-order chi connectivity index (χ0) is 15.0. The third kappa shape index (κ3) is 2.36. The SMILES string of the molecule is O=C(NC1c2ccccc2CC1O)c1cc([N+](=O)[O-])[nH]n1. The molecule has 2 atom stereocenters. The molecular formula is C13H12N4O4. The number of rotatable bonds is 3. The fourth-order valence-electron chi connectivity index (χ4n) is 2.48. The summed E-state index contributed by atoms with van der Waals surface area (Å²) in [4.78, 5) is 22.0. The molecule has 0 saturated carbocycles. The Kier molecular flexibility index (Phi) is 3.15. The molecule has 0 aliphatic heterocycles. The fraction of sp³-hybridized carbons (Fsp3) is 0.231. The van der Waals surface area contributed by atoms with Crippen molar-refractivity contribution in [1.29, 1.82) is 0 Å². The Hall–Kier alpha value is -2.74. The molecule has 1 heterocycles. The maximum atomic E-state index is 12.1. The van der Waals surface area contributed by atoms with E-state index in [1.54, 1.807) is 0 Å². The lowest BCUT2D eigenvalue weighted by Crippen LogP contribution is -2.34. The van der Waals surface area contributed by atoms with E-state index in [9.17, 15) is 20.0 Å². The Balaban J connectivity index is 1.80. The second kappa shape index (κ2) is 4.98. The molecule has 1 aromatic heterocycles. The van der Waals surface area contributed by atoms with E-state index in [0.717, 1.165) is 17.2 Å². The van der Waals surface area contributed by atoms with Gasteiger partial charge in [0.1, 0.15) is 0 Å². The smallest absolute Gasteiger partial charge is 0.343 e. The monoisotopic (exact) mass is 288 g/mol.